The van der Waals surface area contributed by atoms with E-state index in [4.69, 9.17) is 10.7 Å². The first-order valence-corrected chi connectivity index (χ1v) is 7.83. The zero-order chi connectivity index (χ0) is 15.8. The van der Waals surface area contributed by atoms with Crippen LogP contribution < -0.4 is 11.1 Å². The minimum Gasteiger partial charge on any atom is -0.384 e. The molecule has 1 fully saturated rings. The quantitative estimate of drug-likeness (QED) is 0.763. The molecule has 118 valence electrons. The van der Waals surface area contributed by atoms with Crippen molar-refractivity contribution < 1.29 is 4.39 Å². The average molecular weight is 311 g/mol. The number of fused-ring (bicyclic) bond motifs is 1. The molecule has 0 bridgehead atoms. The first kappa shape index (κ1) is 14.1. The number of nitrogens with one attached hydrogen (secondary N) is 1. The van der Waals surface area contributed by atoms with Crippen LogP contribution in [0.1, 0.15) is 24.5 Å². The zero-order valence-electron chi connectivity index (χ0n) is 12.7. The van der Waals surface area contributed by atoms with Crippen LogP contribution in [0, 0.1) is 5.82 Å². The maximum Gasteiger partial charge on any atom is 0.158 e. The van der Waals surface area contributed by atoms with E-state index in [1.165, 1.54) is 12.1 Å². The van der Waals surface area contributed by atoms with E-state index in [2.05, 4.69) is 10.4 Å². The topological polar surface area (TPSA) is 68.2 Å². The van der Waals surface area contributed by atoms with E-state index in [9.17, 15) is 4.39 Å². The van der Waals surface area contributed by atoms with Gasteiger partial charge >= 0.3 is 0 Å². The van der Waals surface area contributed by atoms with Crippen LogP contribution in [0.25, 0.3) is 16.9 Å². The Morgan fingerprint density at radius 2 is 2.17 bits per heavy atom. The van der Waals surface area contributed by atoms with Crippen molar-refractivity contribution in [2.45, 2.75) is 18.8 Å². The second-order valence-corrected chi connectivity index (χ2v) is 5.96. The van der Waals surface area contributed by atoms with Gasteiger partial charge < -0.3 is 11.1 Å². The van der Waals surface area contributed by atoms with E-state index in [1.54, 1.807) is 10.6 Å². The number of nitrogens with zero attached hydrogens (tertiary/aromatic N) is 3. The normalized spacial score (nSPS) is 18.4. The third-order valence-electron chi connectivity index (χ3n) is 4.31. The fraction of sp³-hybridized carbons (Fsp3) is 0.294. The highest BCUT2D eigenvalue weighted by atomic mass is 19.1. The number of nitrogens with two attached hydrogens (primary N) is 1. The summed E-state index contributed by atoms with van der Waals surface area (Å²) in [5.74, 6) is 0.649. The lowest BCUT2D eigenvalue weighted by Crippen LogP contribution is -2.29. The number of hydrogen-bond donors (Lipinski definition) is 2. The van der Waals surface area contributed by atoms with Gasteiger partial charge in [-0.1, -0.05) is 12.1 Å². The molecule has 1 aromatic carbocycles. The Morgan fingerprint density at radius 1 is 1.26 bits per heavy atom. The van der Waals surface area contributed by atoms with Crippen molar-refractivity contribution in [3.05, 3.63) is 47.9 Å². The smallest absolute Gasteiger partial charge is 0.158 e. The summed E-state index contributed by atoms with van der Waals surface area (Å²) in [5.41, 5.74) is 9.23. The Bertz CT molecular complexity index is 851. The van der Waals surface area contributed by atoms with Gasteiger partial charge in [0.25, 0.3) is 0 Å². The molecular weight excluding hydrogens is 293 g/mol. The maximum atomic E-state index is 13.4. The largest absolute Gasteiger partial charge is 0.384 e. The van der Waals surface area contributed by atoms with Crippen molar-refractivity contribution in [2.75, 3.05) is 18.8 Å². The van der Waals surface area contributed by atoms with Crippen molar-refractivity contribution in [2.24, 2.45) is 0 Å². The number of benzene rings is 1. The molecule has 0 amide bonds. The predicted octanol–water partition coefficient (Wildman–Crippen LogP) is 2.58. The number of anilines is 1. The summed E-state index contributed by atoms with van der Waals surface area (Å²) in [6.45, 7) is 1.98. The molecule has 1 atom stereocenters. The minimum absolute atomic E-state index is 0.283. The summed E-state index contributed by atoms with van der Waals surface area (Å²) >= 11 is 0. The van der Waals surface area contributed by atoms with Crippen LogP contribution in [-0.2, 0) is 0 Å². The van der Waals surface area contributed by atoms with Crippen LogP contribution in [0.4, 0.5) is 10.2 Å². The second kappa shape index (κ2) is 5.62. The summed E-state index contributed by atoms with van der Waals surface area (Å²) in [6, 6.07) is 10.1. The maximum absolute atomic E-state index is 13.4. The fourth-order valence-corrected chi connectivity index (χ4v) is 3.12. The molecule has 2 aromatic heterocycles. The van der Waals surface area contributed by atoms with Crippen molar-refractivity contribution in [3.63, 3.8) is 0 Å². The van der Waals surface area contributed by atoms with Crippen molar-refractivity contribution >= 4 is 11.5 Å². The highest BCUT2D eigenvalue weighted by molar-refractivity contribution is 5.65. The Balaban J connectivity index is 1.77. The molecule has 3 N–H and O–H groups in total. The number of piperidine rings is 1. The van der Waals surface area contributed by atoms with E-state index in [-0.39, 0.29) is 5.82 Å². The SMILES string of the molecule is Nc1cc(C2CCCNC2)nc2cc(-c3cccc(F)c3)nn12. The van der Waals surface area contributed by atoms with Crippen LogP contribution in [-0.4, -0.2) is 27.7 Å². The molecule has 5 nitrogen and oxygen atoms in total. The highest BCUT2D eigenvalue weighted by Gasteiger charge is 2.19. The van der Waals surface area contributed by atoms with Crippen molar-refractivity contribution in [3.8, 4) is 11.3 Å². The molecule has 1 unspecified atom stereocenters. The molecule has 4 rings (SSSR count). The first-order chi connectivity index (χ1) is 11.2. The van der Waals surface area contributed by atoms with E-state index in [1.807, 2.05) is 18.2 Å². The van der Waals surface area contributed by atoms with Crippen LogP contribution in [0.2, 0.25) is 0 Å². The van der Waals surface area contributed by atoms with Crippen LogP contribution in [0.5, 0.6) is 0 Å². The lowest BCUT2D eigenvalue weighted by atomic mass is 9.96. The van der Waals surface area contributed by atoms with E-state index < -0.39 is 0 Å². The minimum atomic E-state index is -0.283. The summed E-state index contributed by atoms with van der Waals surface area (Å²) in [5, 5.41) is 7.85. The van der Waals surface area contributed by atoms with Gasteiger partial charge in [0.1, 0.15) is 11.6 Å². The van der Waals surface area contributed by atoms with E-state index >= 15 is 0 Å². The van der Waals surface area contributed by atoms with Gasteiger partial charge in [-0.2, -0.15) is 9.61 Å². The third kappa shape index (κ3) is 2.66. The van der Waals surface area contributed by atoms with Crippen molar-refractivity contribution in [1.82, 2.24) is 19.9 Å². The van der Waals surface area contributed by atoms with Gasteiger partial charge in [0.05, 0.1) is 11.4 Å². The average Bonchev–Trinajstić information content (AvgIpc) is 3.00. The molecule has 0 radical (unpaired) electrons. The summed E-state index contributed by atoms with van der Waals surface area (Å²) in [4.78, 5) is 4.72. The molecule has 3 heterocycles. The Kier molecular flexibility index (Phi) is 3.46. The zero-order valence-corrected chi connectivity index (χ0v) is 12.7. The standard InChI is InChI=1S/C17H18FN5/c18-13-5-1-3-11(7-13)15-9-17-21-14(8-16(19)23(17)22-15)12-4-2-6-20-10-12/h1,3,5,7-9,12,20H,2,4,6,10,19H2. The molecule has 6 heteroatoms. The number of aromatic nitrogens is 3. The van der Waals surface area contributed by atoms with E-state index in [0.717, 1.165) is 37.2 Å². The summed E-state index contributed by atoms with van der Waals surface area (Å²) < 4.78 is 15.0. The molecule has 3 aromatic rings. The van der Waals surface area contributed by atoms with Gasteiger partial charge in [0, 0.05) is 30.2 Å². The monoisotopic (exact) mass is 311 g/mol. The molecule has 23 heavy (non-hydrogen) atoms. The molecule has 0 spiro atoms. The Hall–Kier alpha value is -2.47. The van der Waals surface area contributed by atoms with Gasteiger partial charge in [-0.3, -0.25) is 0 Å². The summed E-state index contributed by atoms with van der Waals surface area (Å²) in [6.07, 6.45) is 2.26. The van der Waals surface area contributed by atoms with E-state index in [0.29, 0.717) is 23.1 Å². The molecule has 0 aliphatic carbocycles. The number of nitrogen functional groups attached to an aromatic ring is 1. The van der Waals surface area contributed by atoms with Crippen LogP contribution in [0.3, 0.4) is 0 Å². The van der Waals surface area contributed by atoms with Gasteiger partial charge in [-0.05, 0) is 31.5 Å². The summed E-state index contributed by atoms with van der Waals surface area (Å²) in [7, 11) is 0. The van der Waals surface area contributed by atoms with Gasteiger partial charge in [0.2, 0.25) is 0 Å². The Morgan fingerprint density at radius 3 is 2.96 bits per heavy atom. The van der Waals surface area contributed by atoms with Crippen LogP contribution >= 0.6 is 0 Å². The van der Waals surface area contributed by atoms with Gasteiger partial charge in [0.15, 0.2) is 5.65 Å². The van der Waals surface area contributed by atoms with Crippen LogP contribution in [0.15, 0.2) is 36.4 Å². The molecule has 1 saturated heterocycles. The van der Waals surface area contributed by atoms with Gasteiger partial charge in [-0.25, -0.2) is 9.37 Å². The number of rotatable bonds is 2. The lowest BCUT2D eigenvalue weighted by molar-refractivity contribution is 0.455. The Labute approximate surface area is 133 Å². The first-order valence-electron chi connectivity index (χ1n) is 7.83. The highest BCUT2D eigenvalue weighted by Crippen LogP contribution is 2.26. The third-order valence-corrected chi connectivity index (χ3v) is 4.31. The lowest BCUT2D eigenvalue weighted by Gasteiger charge is -2.22. The number of hydrogen-bond acceptors (Lipinski definition) is 4. The molecule has 1 aliphatic rings. The second-order valence-electron chi connectivity index (χ2n) is 5.96. The molecule has 0 saturated carbocycles. The number of halogens is 1. The molecule has 1 aliphatic heterocycles. The predicted molar refractivity (Wildman–Crippen MR) is 87.6 cm³/mol. The molecular formula is C17H18FN5. The van der Waals surface area contributed by atoms with Crippen molar-refractivity contribution in [1.29, 1.82) is 0 Å². The fourth-order valence-electron chi connectivity index (χ4n) is 3.12. The van der Waals surface area contributed by atoms with Gasteiger partial charge in [-0.15, -0.1) is 0 Å².